The zero-order valence-corrected chi connectivity index (χ0v) is 11.2. The number of nitrogens with zero attached hydrogens (tertiary/aromatic N) is 4. The van der Waals surface area contributed by atoms with Crippen LogP contribution >= 0.6 is 11.6 Å². The molecule has 0 aliphatic heterocycles. The second kappa shape index (κ2) is 5.08. The zero-order valence-electron chi connectivity index (χ0n) is 9.65. The Morgan fingerprint density at radius 3 is 2.32 bits per heavy atom. The third kappa shape index (κ3) is 3.60. The Balaban J connectivity index is 2.24. The molecule has 0 radical (unpaired) electrons. The molecule has 0 amide bonds. The van der Waals surface area contributed by atoms with Crippen LogP contribution in [-0.2, 0) is 10.1 Å². The van der Waals surface area contributed by atoms with Crippen molar-refractivity contribution in [1.29, 1.82) is 0 Å². The first kappa shape index (κ1) is 13.7. The van der Waals surface area contributed by atoms with Crippen LogP contribution in [0, 0.1) is 6.92 Å². The van der Waals surface area contributed by atoms with E-state index in [4.69, 9.17) is 16.2 Å². The Morgan fingerprint density at radius 2 is 1.79 bits per heavy atom. The molecule has 2 aromatic rings. The van der Waals surface area contributed by atoms with Gasteiger partial charge in [0.05, 0.1) is 10.7 Å². The summed E-state index contributed by atoms with van der Waals surface area (Å²) in [4.78, 5) is 11.4. The van der Waals surface area contributed by atoms with Crippen LogP contribution in [0.15, 0.2) is 29.2 Å². The second-order valence-corrected chi connectivity index (χ2v) is 5.29. The number of hydrogen-bond donors (Lipinski definition) is 1. The molecule has 0 saturated heterocycles. The van der Waals surface area contributed by atoms with E-state index >= 15 is 0 Å². The first-order chi connectivity index (χ1) is 8.84. The van der Waals surface area contributed by atoms with Crippen molar-refractivity contribution in [3.05, 3.63) is 40.7 Å². The quantitative estimate of drug-likeness (QED) is 0.872. The Hall–Kier alpha value is -1.77. The Morgan fingerprint density at radius 1 is 1.16 bits per heavy atom. The van der Waals surface area contributed by atoms with E-state index in [0.717, 1.165) is 0 Å². The molecule has 19 heavy (non-hydrogen) atoms. The molecule has 1 aromatic heterocycles. The molecule has 0 atom stereocenters. The number of aromatic nitrogens is 3. The summed E-state index contributed by atoms with van der Waals surface area (Å²) in [6, 6.07) is 5.28. The smallest absolute Gasteiger partial charge is 0.294 e. The van der Waals surface area contributed by atoms with E-state index in [1.54, 1.807) is 6.92 Å². The van der Waals surface area contributed by atoms with E-state index < -0.39 is 10.1 Å². The lowest BCUT2D eigenvalue weighted by molar-refractivity contribution is 0.483. The molecule has 1 aromatic carbocycles. The van der Waals surface area contributed by atoms with Crippen LogP contribution < -0.4 is 0 Å². The molecule has 9 heteroatoms. The van der Waals surface area contributed by atoms with Crippen LogP contribution in [0.4, 0.5) is 11.6 Å². The fourth-order valence-electron chi connectivity index (χ4n) is 1.29. The molecule has 0 aliphatic rings. The number of rotatable bonds is 3. The predicted molar refractivity (Wildman–Crippen MR) is 68.5 cm³/mol. The van der Waals surface area contributed by atoms with Gasteiger partial charge in [0.1, 0.15) is 0 Å². The fourth-order valence-corrected chi connectivity index (χ4v) is 1.97. The van der Waals surface area contributed by atoms with Gasteiger partial charge in [0.25, 0.3) is 10.1 Å². The van der Waals surface area contributed by atoms with Gasteiger partial charge < -0.3 is 15.3 Å². The van der Waals surface area contributed by atoms with Crippen molar-refractivity contribution in [2.45, 2.75) is 11.8 Å². The maximum absolute atomic E-state index is 10.9. The largest absolute Gasteiger partial charge is 0.359 e. The molecule has 0 spiro atoms. The Labute approximate surface area is 114 Å². The lowest BCUT2D eigenvalue weighted by Crippen LogP contribution is -1.96. The predicted octanol–water partition coefficient (Wildman–Crippen LogP) is 2.42. The molecule has 0 saturated carbocycles. The summed E-state index contributed by atoms with van der Waals surface area (Å²) < 4.78 is 30.6. The van der Waals surface area contributed by atoms with Crippen LogP contribution in [-0.4, -0.2) is 27.9 Å². The standard InChI is InChI=1S/C10H8ClN4O3S/c1-6-12-9(11)15-10(13-6)14-7-2-4-8(5-3-7)19(16,17)18/h2-5H,1H3,(H-,12,13,14,15,16,17,18)/q-1. The summed E-state index contributed by atoms with van der Waals surface area (Å²) in [6.45, 7) is 1.65. The molecule has 2 rings (SSSR count). The number of hydrogen-bond acceptors (Lipinski definition) is 5. The monoisotopic (exact) mass is 299 g/mol. The van der Waals surface area contributed by atoms with Gasteiger partial charge in [-0.1, -0.05) is 23.7 Å². The van der Waals surface area contributed by atoms with Gasteiger partial charge in [0, 0.05) is 5.95 Å². The van der Waals surface area contributed by atoms with Crippen LogP contribution in [0.1, 0.15) is 5.82 Å². The third-order valence-corrected chi connectivity index (χ3v) is 3.11. The molecule has 0 fully saturated rings. The molecule has 0 bridgehead atoms. The summed E-state index contributed by atoms with van der Waals surface area (Å²) in [5.74, 6) is 0.547. The van der Waals surface area contributed by atoms with Crippen molar-refractivity contribution in [2.24, 2.45) is 0 Å². The molecule has 1 heterocycles. The van der Waals surface area contributed by atoms with Gasteiger partial charge in [0.2, 0.25) is 0 Å². The van der Waals surface area contributed by atoms with Crippen molar-refractivity contribution < 1.29 is 13.0 Å². The minimum absolute atomic E-state index is 0.0285. The maximum atomic E-state index is 10.9. The van der Waals surface area contributed by atoms with E-state index in [-0.39, 0.29) is 16.1 Å². The topological polar surface area (TPSA) is 107 Å². The molecular weight excluding hydrogens is 292 g/mol. The SMILES string of the molecule is Cc1nc(Cl)nc([N-]c2ccc(S(=O)(=O)O)cc2)n1. The summed E-state index contributed by atoms with van der Waals surface area (Å²) in [7, 11) is -4.21. The normalized spacial score (nSPS) is 11.3. The van der Waals surface area contributed by atoms with Gasteiger partial charge in [-0.25, -0.2) is 4.98 Å². The van der Waals surface area contributed by atoms with Gasteiger partial charge >= 0.3 is 0 Å². The van der Waals surface area contributed by atoms with E-state index in [0.29, 0.717) is 11.5 Å². The van der Waals surface area contributed by atoms with Gasteiger partial charge in [-0.15, -0.1) is 0 Å². The first-order valence-corrected chi connectivity index (χ1v) is 6.84. The average Bonchev–Trinajstić information content (AvgIpc) is 2.26. The van der Waals surface area contributed by atoms with Crippen molar-refractivity contribution in [1.82, 2.24) is 15.0 Å². The highest BCUT2D eigenvalue weighted by atomic mass is 35.5. The van der Waals surface area contributed by atoms with Crippen molar-refractivity contribution in [3.63, 3.8) is 0 Å². The van der Waals surface area contributed by atoms with Crippen LogP contribution in [0.25, 0.3) is 5.32 Å². The van der Waals surface area contributed by atoms with Crippen LogP contribution in [0.3, 0.4) is 0 Å². The fraction of sp³-hybridized carbons (Fsp3) is 0.100. The van der Waals surface area contributed by atoms with Crippen LogP contribution in [0.2, 0.25) is 5.28 Å². The average molecular weight is 300 g/mol. The molecule has 0 aliphatic carbocycles. The lowest BCUT2D eigenvalue weighted by atomic mass is 10.3. The van der Waals surface area contributed by atoms with Gasteiger partial charge in [0.15, 0.2) is 5.28 Å². The number of halogens is 1. The summed E-state index contributed by atoms with van der Waals surface area (Å²) >= 11 is 5.67. The summed E-state index contributed by atoms with van der Waals surface area (Å²) in [5, 5.41) is 4.09. The second-order valence-electron chi connectivity index (χ2n) is 3.53. The van der Waals surface area contributed by atoms with E-state index in [1.807, 2.05) is 0 Å². The molecule has 100 valence electrons. The van der Waals surface area contributed by atoms with Gasteiger partial charge in [-0.3, -0.25) is 4.55 Å². The Kier molecular flexibility index (Phi) is 3.65. The van der Waals surface area contributed by atoms with Crippen molar-refractivity contribution >= 4 is 33.4 Å². The molecular formula is C10H8ClN4O3S-. The van der Waals surface area contributed by atoms with E-state index in [9.17, 15) is 8.42 Å². The highest BCUT2D eigenvalue weighted by molar-refractivity contribution is 7.85. The van der Waals surface area contributed by atoms with Crippen molar-refractivity contribution in [2.75, 3.05) is 0 Å². The maximum Gasteiger partial charge on any atom is 0.294 e. The number of aryl methyl sites for hydroxylation is 1. The molecule has 0 unspecified atom stereocenters. The van der Waals surface area contributed by atoms with Gasteiger partial charge in [-0.05, 0) is 24.7 Å². The Bertz CT molecular complexity index is 683. The molecule has 1 N–H and O–H groups in total. The van der Waals surface area contributed by atoms with Crippen molar-refractivity contribution in [3.8, 4) is 0 Å². The summed E-state index contributed by atoms with van der Waals surface area (Å²) in [5.41, 5.74) is 0.425. The lowest BCUT2D eigenvalue weighted by Gasteiger charge is -2.13. The minimum atomic E-state index is -4.21. The first-order valence-electron chi connectivity index (χ1n) is 5.02. The van der Waals surface area contributed by atoms with Crippen LogP contribution in [0.5, 0.6) is 0 Å². The highest BCUT2D eigenvalue weighted by Gasteiger charge is 2.07. The third-order valence-electron chi connectivity index (χ3n) is 2.07. The minimum Gasteiger partial charge on any atom is -0.359 e. The van der Waals surface area contributed by atoms with Gasteiger partial charge in [-0.2, -0.15) is 8.42 Å². The number of benzene rings is 1. The zero-order chi connectivity index (χ0) is 14.0. The van der Waals surface area contributed by atoms with E-state index in [1.165, 1.54) is 24.3 Å². The highest BCUT2D eigenvalue weighted by Crippen LogP contribution is 2.27. The molecule has 7 nitrogen and oxygen atoms in total. The van der Waals surface area contributed by atoms with E-state index in [2.05, 4.69) is 20.3 Å². The summed E-state index contributed by atoms with van der Waals surface area (Å²) in [6.07, 6.45) is 0.